The Kier molecular flexibility index (Phi) is 4.17. The molecule has 1 N–H and O–H groups in total. The van der Waals surface area contributed by atoms with Crippen LogP contribution in [0.25, 0.3) is 0 Å². The summed E-state index contributed by atoms with van der Waals surface area (Å²) in [5, 5.41) is 8.43. The zero-order chi connectivity index (χ0) is 14.0. The molecule has 0 amide bonds. The summed E-state index contributed by atoms with van der Waals surface area (Å²) in [5.41, 5.74) is 0. The fraction of sp³-hybridized carbons (Fsp3) is 0.750. The molecule has 2 rings (SSSR count). The quantitative estimate of drug-likeness (QED) is 0.733. The topological polar surface area (TPSA) is 59.0 Å². The Labute approximate surface area is 109 Å². The van der Waals surface area contributed by atoms with E-state index in [9.17, 15) is 13.6 Å². The number of aliphatic carboxylic acids is 1. The molecule has 5 nitrogen and oxygen atoms in total. The van der Waals surface area contributed by atoms with E-state index in [0.29, 0.717) is 6.54 Å². The number of halogens is 2. The number of ether oxygens (including phenoxy) is 2. The molecule has 2 aliphatic rings. The van der Waals surface area contributed by atoms with E-state index in [0.717, 1.165) is 6.42 Å². The van der Waals surface area contributed by atoms with Crippen LogP contribution in [0, 0.1) is 5.92 Å². The maximum absolute atomic E-state index is 13.4. The van der Waals surface area contributed by atoms with Gasteiger partial charge in [0.25, 0.3) is 0 Å². The fourth-order valence-corrected chi connectivity index (χ4v) is 2.37. The van der Waals surface area contributed by atoms with Gasteiger partial charge >= 0.3 is 12.1 Å². The molecule has 0 aromatic rings. The Morgan fingerprint density at radius 3 is 2.95 bits per heavy atom. The molecule has 3 unspecified atom stereocenters. The van der Waals surface area contributed by atoms with Crippen molar-refractivity contribution < 1.29 is 28.2 Å². The number of hydrogen-bond donors (Lipinski definition) is 1. The van der Waals surface area contributed by atoms with Crippen LogP contribution in [0.1, 0.15) is 6.42 Å². The van der Waals surface area contributed by atoms with Crippen molar-refractivity contribution in [3.05, 3.63) is 12.7 Å². The molecule has 19 heavy (non-hydrogen) atoms. The molecule has 0 bridgehead atoms. The van der Waals surface area contributed by atoms with Gasteiger partial charge in [-0.2, -0.15) is 8.78 Å². The molecule has 7 heteroatoms. The molecule has 1 saturated carbocycles. The molecule has 1 aliphatic heterocycles. The summed E-state index contributed by atoms with van der Waals surface area (Å²) in [6.45, 7) is 2.89. The first-order valence-electron chi connectivity index (χ1n) is 6.13. The summed E-state index contributed by atoms with van der Waals surface area (Å²) in [7, 11) is 0. The molecule has 2 fully saturated rings. The normalized spacial score (nSPS) is 33.9. The summed E-state index contributed by atoms with van der Waals surface area (Å²) in [5.74, 6) is -0.872. The number of morpholine rings is 1. The summed E-state index contributed by atoms with van der Waals surface area (Å²) in [6.07, 6.45) is -1.42. The van der Waals surface area contributed by atoms with E-state index in [4.69, 9.17) is 9.84 Å². The van der Waals surface area contributed by atoms with E-state index in [2.05, 4.69) is 11.3 Å². The largest absolute Gasteiger partial charge is 0.480 e. The van der Waals surface area contributed by atoms with Crippen LogP contribution in [0.2, 0.25) is 0 Å². The highest BCUT2D eigenvalue weighted by Crippen LogP contribution is 2.40. The Bertz CT molecular complexity index is 364. The van der Waals surface area contributed by atoms with Crippen molar-refractivity contribution in [1.82, 2.24) is 4.90 Å². The number of carboxylic acids is 1. The van der Waals surface area contributed by atoms with Gasteiger partial charge in [-0.1, -0.05) is 6.08 Å². The molecule has 108 valence electrons. The summed E-state index contributed by atoms with van der Waals surface area (Å²) >= 11 is 0. The van der Waals surface area contributed by atoms with Gasteiger partial charge in [0.15, 0.2) is 0 Å². The molecule has 1 aliphatic carbocycles. The van der Waals surface area contributed by atoms with Gasteiger partial charge in [0, 0.05) is 12.6 Å². The lowest BCUT2D eigenvalue weighted by Gasteiger charge is -2.37. The highest BCUT2D eigenvalue weighted by atomic mass is 19.3. The number of carboxylic acid groups (broad SMARTS) is 1. The van der Waals surface area contributed by atoms with Crippen molar-refractivity contribution in [3.63, 3.8) is 0 Å². The first-order valence-corrected chi connectivity index (χ1v) is 6.13. The van der Waals surface area contributed by atoms with Gasteiger partial charge in [0.2, 0.25) is 0 Å². The van der Waals surface area contributed by atoms with Gasteiger partial charge < -0.3 is 14.6 Å². The van der Waals surface area contributed by atoms with E-state index in [1.54, 1.807) is 11.0 Å². The van der Waals surface area contributed by atoms with Crippen molar-refractivity contribution in [2.45, 2.75) is 24.7 Å². The molecule has 0 aromatic carbocycles. The van der Waals surface area contributed by atoms with E-state index in [1.165, 1.54) is 0 Å². The van der Waals surface area contributed by atoms with Crippen LogP contribution >= 0.6 is 0 Å². The van der Waals surface area contributed by atoms with Gasteiger partial charge in [-0.15, -0.1) is 6.58 Å². The molecular weight excluding hydrogens is 260 g/mol. The number of hydrogen-bond acceptors (Lipinski definition) is 4. The lowest BCUT2D eigenvalue weighted by Crippen LogP contribution is -2.53. The van der Waals surface area contributed by atoms with E-state index < -0.39 is 31.3 Å². The first kappa shape index (κ1) is 14.4. The monoisotopic (exact) mass is 277 g/mol. The average molecular weight is 277 g/mol. The van der Waals surface area contributed by atoms with Gasteiger partial charge in [0.1, 0.15) is 6.61 Å². The van der Waals surface area contributed by atoms with Crippen LogP contribution in [0.5, 0.6) is 0 Å². The summed E-state index contributed by atoms with van der Waals surface area (Å²) in [4.78, 5) is 12.0. The zero-order valence-electron chi connectivity index (χ0n) is 10.4. The summed E-state index contributed by atoms with van der Waals surface area (Å²) < 4.78 is 36.3. The van der Waals surface area contributed by atoms with Gasteiger partial charge in [0.05, 0.1) is 19.3 Å². The highest BCUT2D eigenvalue weighted by Gasteiger charge is 2.49. The predicted octanol–water partition coefficient (Wildman–Crippen LogP) is 0.956. The molecule has 3 atom stereocenters. The van der Waals surface area contributed by atoms with Crippen LogP contribution in [-0.2, 0) is 14.3 Å². The SMILES string of the molecule is C=CC1CC1N1CC(COCC(=O)O)OC(F)(F)C1. The van der Waals surface area contributed by atoms with Crippen LogP contribution in [0.15, 0.2) is 12.7 Å². The molecule has 0 aromatic heterocycles. The fourth-order valence-electron chi connectivity index (χ4n) is 2.37. The maximum atomic E-state index is 13.4. The number of alkyl halides is 2. The van der Waals surface area contributed by atoms with Gasteiger partial charge in [-0.25, -0.2) is 4.79 Å². The van der Waals surface area contributed by atoms with Crippen LogP contribution in [0.3, 0.4) is 0 Å². The number of carbonyl (C=O) groups is 1. The van der Waals surface area contributed by atoms with E-state index >= 15 is 0 Å². The Balaban J connectivity index is 1.86. The molecule has 0 spiro atoms. The minimum Gasteiger partial charge on any atom is -0.480 e. The van der Waals surface area contributed by atoms with E-state index in [1.807, 2.05) is 0 Å². The third-order valence-corrected chi connectivity index (χ3v) is 3.27. The van der Waals surface area contributed by atoms with Crippen LogP contribution in [0.4, 0.5) is 8.78 Å². The van der Waals surface area contributed by atoms with Crippen LogP contribution < -0.4 is 0 Å². The second kappa shape index (κ2) is 5.52. The summed E-state index contributed by atoms with van der Waals surface area (Å²) in [6, 6.07) is 0.0919. The Morgan fingerprint density at radius 2 is 2.37 bits per heavy atom. The highest BCUT2D eigenvalue weighted by molar-refractivity contribution is 5.67. The second-order valence-corrected chi connectivity index (χ2v) is 4.92. The van der Waals surface area contributed by atoms with Gasteiger partial charge in [-0.05, 0) is 12.3 Å². The predicted molar refractivity (Wildman–Crippen MR) is 61.9 cm³/mol. The van der Waals surface area contributed by atoms with Crippen molar-refractivity contribution in [2.75, 3.05) is 26.3 Å². The lowest BCUT2D eigenvalue weighted by atomic mass is 10.2. The number of rotatable bonds is 6. The second-order valence-electron chi connectivity index (χ2n) is 4.92. The Morgan fingerprint density at radius 1 is 1.63 bits per heavy atom. The standard InChI is InChI=1S/C12H17F2NO4/c1-2-8-3-10(8)15-4-9(5-18-6-11(16)17)19-12(13,14)7-15/h2,8-10H,1,3-7H2,(H,16,17). The molecule has 1 heterocycles. The lowest BCUT2D eigenvalue weighted by molar-refractivity contribution is -0.303. The Hall–Kier alpha value is -1.05. The van der Waals surface area contributed by atoms with Crippen LogP contribution in [-0.4, -0.2) is 60.5 Å². The average Bonchev–Trinajstić information content (AvgIpc) is 3.05. The van der Waals surface area contributed by atoms with Crippen molar-refractivity contribution in [3.8, 4) is 0 Å². The zero-order valence-corrected chi connectivity index (χ0v) is 10.4. The smallest absolute Gasteiger partial charge is 0.368 e. The maximum Gasteiger partial charge on any atom is 0.368 e. The van der Waals surface area contributed by atoms with Crippen molar-refractivity contribution >= 4 is 5.97 Å². The van der Waals surface area contributed by atoms with Crippen molar-refractivity contribution in [2.24, 2.45) is 5.92 Å². The van der Waals surface area contributed by atoms with Gasteiger partial charge in [-0.3, -0.25) is 4.90 Å². The third kappa shape index (κ3) is 3.95. The molecular formula is C12H17F2NO4. The third-order valence-electron chi connectivity index (χ3n) is 3.27. The van der Waals surface area contributed by atoms with E-state index in [-0.39, 0.29) is 18.6 Å². The van der Waals surface area contributed by atoms with Crippen molar-refractivity contribution in [1.29, 1.82) is 0 Å². The molecule has 0 radical (unpaired) electrons. The first-order chi connectivity index (χ1) is 8.91. The molecule has 1 saturated heterocycles. The minimum absolute atomic E-state index is 0.0919. The minimum atomic E-state index is -3.22. The number of nitrogens with zero attached hydrogens (tertiary/aromatic N) is 1.